The maximum atomic E-state index is 12.1. The van der Waals surface area contributed by atoms with Gasteiger partial charge in [0.2, 0.25) is 0 Å². The number of carbonyl (C=O) groups excluding carboxylic acids is 1. The van der Waals surface area contributed by atoms with Gasteiger partial charge in [-0.2, -0.15) is 0 Å². The monoisotopic (exact) mass is 288 g/mol. The second-order valence-electron chi connectivity index (χ2n) is 7.14. The molecule has 4 heteroatoms. The highest BCUT2D eigenvalue weighted by Gasteiger charge is 2.48. The molecular weight excluding hydrogens is 264 g/mol. The highest BCUT2D eigenvalue weighted by molar-refractivity contribution is 5.70. The summed E-state index contributed by atoms with van der Waals surface area (Å²) < 4.78 is 5.47. The van der Waals surface area contributed by atoms with Crippen LogP contribution in [0.2, 0.25) is 0 Å². The van der Waals surface area contributed by atoms with Crippen LogP contribution in [0.5, 0.6) is 0 Å². The van der Waals surface area contributed by atoms with E-state index in [1.54, 1.807) is 0 Å². The third-order valence-electron chi connectivity index (χ3n) is 4.19. The summed E-state index contributed by atoms with van der Waals surface area (Å²) in [5.74, 6) is 0.612. The Kier molecular flexibility index (Phi) is 3.66. The molecule has 0 radical (unpaired) electrons. The highest BCUT2D eigenvalue weighted by Crippen LogP contribution is 2.34. The van der Waals surface area contributed by atoms with Crippen LogP contribution in [0.25, 0.3) is 0 Å². The number of nitrogens with zero attached hydrogens (tertiary/aromatic N) is 2. The first kappa shape index (κ1) is 14.4. The number of benzene rings is 1. The molecule has 2 unspecified atom stereocenters. The van der Waals surface area contributed by atoms with E-state index in [2.05, 4.69) is 29.2 Å². The van der Waals surface area contributed by atoms with Gasteiger partial charge in [0.25, 0.3) is 0 Å². The molecule has 0 spiro atoms. The molecule has 0 saturated carbocycles. The van der Waals surface area contributed by atoms with Crippen LogP contribution in [0.4, 0.5) is 4.79 Å². The first-order chi connectivity index (χ1) is 9.92. The van der Waals surface area contributed by atoms with Gasteiger partial charge in [-0.3, -0.25) is 4.90 Å². The predicted octanol–water partition coefficient (Wildman–Crippen LogP) is 2.74. The molecule has 2 heterocycles. The Morgan fingerprint density at radius 2 is 1.90 bits per heavy atom. The van der Waals surface area contributed by atoms with Gasteiger partial charge in [-0.25, -0.2) is 4.79 Å². The average molecular weight is 288 g/mol. The van der Waals surface area contributed by atoms with Crippen molar-refractivity contribution in [2.75, 3.05) is 19.6 Å². The van der Waals surface area contributed by atoms with Crippen molar-refractivity contribution in [1.82, 2.24) is 9.80 Å². The number of hydrogen-bond donors (Lipinski definition) is 0. The summed E-state index contributed by atoms with van der Waals surface area (Å²) in [5, 5.41) is 0. The maximum absolute atomic E-state index is 12.1. The molecule has 2 aliphatic heterocycles. The zero-order chi connectivity index (χ0) is 15.0. The van der Waals surface area contributed by atoms with Gasteiger partial charge in [0.1, 0.15) is 5.60 Å². The van der Waals surface area contributed by atoms with Gasteiger partial charge >= 0.3 is 6.09 Å². The lowest BCUT2D eigenvalue weighted by Crippen LogP contribution is -2.59. The molecule has 1 aromatic rings. The molecule has 1 aromatic carbocycles. The SMILES string of the molecule is CC(C)(C)OC(=O)N1CC2CN(Cc3ccccc3)CC21. The van der Waals surface area contributed by atoms with Gasteiger partial charge < -0.3 is 9.64 Å². The average Bonchev–Trinajstić information content (AvgIpc) is 2.66. The van der Waals surface area contributed by atoms with Crippen LogP contribution in [0.15, 0.2) is 30.3 Å². The molecule has 3 rings (SSSR count). The minimum atomic E-state index is -0.412. The Morgan fingerprint density at radius 1 is 1.19 bits per heavy atom. The van der Waals surface area contributed by atoms with Gasteiger partial charge in [0.15, 0.2) is 0 Å². The van der Waals surface area contributed by atoms with E-state index in [4.69, 9.17) is 4.74 Å². The Morgan fingerprint density at radius 3 is 2.57 bits per heavy atom. The van der Waals surface area contributed by atoms with Crippen molar-refractivity contribution < 1.29 is 9.53 Å². The van der Waals surface area contributed by atoms with Crippen LogP contribution in [0, 0.1) is 5.92 Å². The molecule has 114 valence electrons. The van der Waals surface area contributed by atoms with E-state index in [-0.39, 0.29) is 6.09 Å². The summed E-state index contributed by atoms with van der Waals surface area (Å²) in [6, 6.07) is 10.8. The number of rotatable bonds is 2. The first-order valence-electron chi connectivity index (χ1n) is 7.68. The lowest BCUT2D eigenvalue weighted by molar-refractivity contribution is -0.0164. The third kappa shape index (κ3) is 3.21. The summed E-state index contributed by atoms with van der Waals surface area (Å²) >= 11 is 0. The summed E-state index contributed by atoms with van der Waals surface area (Å²) in [7, 11) is 0. The van der Waals surface area contributed by atoms with Crippen LogP contribution >= 0.6 is 0 Å². The highest BCUT2D eigenvalue weighted by atomic mass is 16.6. The van der Waals surface area contributed by atoms with Crippen LogP contribution < -0.4 is 0 Å². The normalized spacial score (nSPS) is 25.4. The fraction of sp³-hybridized carbons (Fsp3) is 0.588. The van der Waals surface area contributed by atoms with Crippen LogP contribution in [0.1, 0.15) is 26.3 Å². The molecule has 4 nitrogen and oxygen atoms in total. The molecule has 2 saturated heterocycles. The lowest BCUT2D eigenvalue weighted by Gasteiger charge is -2.43. The molecule has 0 N–H and O–H groups in total. The molecule has 21 heavy (non-hydrogen) atoms. The second kappa shape index (κ2) is 5.34. The van der Waals surface area contributed by atoms with E-state index in [1.165, 1.54) is 5.56 Å². The minimum Gasteiger partial charge on any atom is -0.444 e. The minimum absolute atomic E-state index is 0.162. The first-order valence-corrected chi connectivity index (χ1v) is 7.68. The van der Waals surface area contributed by atoms with E-state index in [9.17, 15) is 4.79 Å². The molecule has 2 aliphatic rings. The maximum Gasteiger partial charge on any atom is 0.410 e. The second-order valence-corrected chi connectivity index (χ2v) is 7.14. The zero-order valence-corrected chi connectivity index (χ0v) is 13.1. The summed E-state index contributed by atoms with van der Waals surface area (Å²) in [6.45, 7) is 9.59. The van der Waals surface area contributed by atoms with Crippen molar-refractivity contribution in [3.63, 3.8) is 0 Å². The van der Waals surface area contributed by atoms with Crippen LogP contribution in [0.3, 0.4) is 0 Å². The number of ether oxygens (including phenoxy) is 1. The summed E-state index contributed by atoms with van der Waals surface area (Å²) in [5.41, 5.74) is 0.924. The number of hydrogen-bond acceptors (Lipinski definition) is 3. The van der Waals surface area contributed by atoms with Gasteiger partial charge in [-0.15, -0.1) is 0 Å². The predicted molar refractivity (Wildman–Crippen MR) is 81.9 cm³/mol. The molecule has 0 bridgehead atoms. The molecular formula is C17H24N2O2. The Balaban J connectivity index is 1.54. The van der Waals surface area contributed by atoms with Crippen molar-refractivity contribution in [3.8, 4) is 0 Å². The van der Waals surface area contributed by atoms with E-state index in [0.717, 1.165) is 26.2 Å². The summed E-state index contributed by atoms with van der Waals surface area (Å²) in [4.78, 5) is 16.5. The Hall–Kier alpha value is -1.55. The Labute approximate surface area is 126 Å². The third-order valence-corrected chi connectivity index (χ3v) is 4.19. The van der Waals surface area contributed by atoms with Gasteiger partial charge in [-0.1, -0.05) is 30.3 Å². The van der Waals surface area contributed by atoms with Gasteiger partial charge in [0.05, 0.1) is 6.04 Å². The lowest BCUT2D eigenvalue weighted by atomic mass is 9.93. The molecule has 0 aliphatic carbocycles. The van der Waals surface area contributed by atoms with E-state index in [0.29, 0.717) is 12.0 Å². The fourth-order valence-corrected chi connectivity index (χ4v) is 3.23. The molecule has 2 fully saturated rings. The molecule has 1 amide bonds. The van der Waals surface area contributed by atoms with Crippen molar-refractivity contribution >= 4 is 6.09 Å². The topological polar surface area (TPSA) is 32.8 Å². The standard InChI is InChI=1S/C17H24N2O2/c1-17(2,3)21-16(20)19-11-14-10-18(12-15(14)19)9-13-7-5-4-6-8-13/h4-8,14-15H,9-12H2,1-3H3. The van der Waals surface area contributed by atoms with Crippen LogP contribution in [-0.2, 0) is 11.3 Å². The van der Waals surface area contributed by atoms with Crippen LogP contribution in [-0.4, -0.2) is 47.2 Å². The quantitative estimate of drug-likeness (QED) is 0.839. The smallest absolute Gasteiger partial charge is 0.410 e. The van der Waals surface area contributed by atoms with E-state index < -0.39 is 5.60 Å². The number of likely N-dealkylation sites (tertiary alicyclic amines) is 2. The Bertz CT molecular complexity index is 509. The fourth-order valence-electron chi connectivity index (χ4n) is 3.23. The van der Waals surface area contributed by atoms with E-state index >= 15 is 0 Å². The van der Waals surface area contributed by atoms with Crippen molar-refractivity contribution in [1.29, 1.82) is 0 Å². The van der Waals surface area contributed by atoms with Crippen molar-refractivity contribution in [3.05, 3.63) is 35.9 Å². The number of carbonyl (C=O) groups is 1. The molecule has 0 aromatic heterocycles. The molecule has 2 atom stereocenters. The van der Waals surface area contributed by atoms with Crippen molar-refractivity contribution in [2.45, 2.75) is 39.0 Å². The summed E-state index contributed by atoms with van der Waals surface area (Å²) in [6.07, 6.45) is -0.162. The number of fused-ring (bicyclic) bond motifs is 1. The van der Waals surface area contributed by atoms with Crippen molar-refractivity contribution in [2.24, 2.45) is 5.92 Å². The zero-order valence-electron chi connectivity index (χ0n) is 13.1. The number of amides is 1. The van der Waals surface area contributed by atoms with Gasteiger partial charge in [-0.05, 0) is 26.3 Å². The largest absolute Gasteiger partial charge is 0.444 e. The van der Waals surface area contributed by atoms with E-state index in [1.807, 2.05) is 31.7 Å². The van der Waals surface area contributed by atoms with Gasteiger partial charge in [0, 0.05) is 32.1 Å².